The molecule has 0 aliphatic heterocycles. The molecule has 0 nitrogen and oxygen atoms in total. The fourth-order valence-corrected chi connectivity index (χ4v) is 2.74. The minimum Gasteiger partial charge on any atom is -1.00 e. The van der Waals surface area contributed by atoms with Crippen molar-refractivity contribution in [2.45, 2.75) is 26.7 Å². The third kappa shape index (κ3) is 6.21. The van der Waals surface area contributed by atoms with Crippen molar-refractivity contribution in [2.24, 2.45) is 0 Å². The van der Waals surface area contributed by atoms with Crippen LogP contribution in [0.15, 0.2) is 36.4 Å². The molecule has 2 aliphatic rings. The molecule has 0 saturated carbocycles. The molecule has 2 aromatic carbocycles. The Bertz CT molecular complexity index is 645. The van der Waals surface area contributed by atoms with E-state index in [9.17, 15) is 0 Å². The van der Waals surface area contributed by atoms with Crippen LogP contribution < -0.4 is 24.8 Å². The van der Waals surface area contributed by atoms with Gasteiger partial charge in [0.1, 0.15) is 0 Å². The molecule has 0 saturated heterocycles. The van der Waals surface area contributed by atoms with E-state index in [1.54, 1.807) is 0 Å². The maximum Gasteiger partial charge on any atom is 2.00 e. The number of hydrogen-bond donors (Lipinski definition) is 0. The van der Waals surface area contributed by atoms with Crippen molar-refractivity contribution in [3.05, 3.63) is 81.9 Å². The van der Waals surface area contributed by atoms with Crippen LogP contribution in [0.25, 0.3) is 12.2 Å². The molecule has 0 heterocycles. The predicted octanol–water partition coefficient (Wildman–Crippen LogP) is -1.27. The summed E-state index contributed by atoms with van der Waals surface area (Å²) in [4.78, 5) is 0. The molecule has 0 bridgehead atoms. The fourth-order valence-electron chi connectivity index (χ4n) is 2.74. The van der Waals surface area contributed by atoms with Crippen LogP contribution in [0.5, 0.6) is 0 Å². The van der Waals surface area contributed by atoms with E-state index in [2.05, 4.69) is 62.4 Å². The van der Waals surface area contributed by atoms with Crippen molar-refractivity contribution in [3.63, 3.8) is 0 Å². The minimum absolute atomic E-state index is 0. The SMILES string of the molecule is Cc1cc[c-]c2c1CC=C2.Cc1cc[c-]c2c1CC=C2.[Cl-].[Cl-].[Zr+2].[Zr+2]. The molecule has 0 unspecified atom stereocenters. The topological polar surface area (TPSA) is 0 Å². The van der Waals surface area contributed by atoms with Crippen LogP contribution in [0.2, 0.25) is 0 Å². The third-order valence-corrected chi connectivity index (χ3v) is 3.96. The Morgan fingerprint density at radius 2 is 1.08 bits per heavy atom. The van der Waals surface area contributed by atoms with E-state index in [4.69, 9.17) is 0 Å². The summed E-state index contributed by atoms with van der Waals surface area (Å²) < 4.78 is 0. The first-order valence-corrected chi connectivity index (χ1v) is 7.09. The zero-order chi connectivity index (χ0) is 13.9. The quantitative estimate of drug-likeness (QED) is 0.387. The van der Waals surface area contributed by atoms with E-state index >= 15 is 0 Å². The predicted molar refractivity (Wildman–Crippen MR) is 85.5 cm³/mol. The number of rotatable bonds is 0. The molecule has 2 aliphatic carbocycles. The smallest absolute Gasteiger partial charge is 1.00 e. The van der Waals surface area contributed by atoms with Crippen LogP contribution in [-0.2, 0) is 65.2 Å². The maximum absolute atomic E-state index is 3.20. The molecule has 0 aromatic heterocycles. The van der Waals surface area contributed by atoms with E-state index < -0.39 is 0 Å². The molecule has 120 valence electrons. The fraction of sp³-hybridized carbons (Fsp3) is 0.200. The number of aryl methyl sites for hydroxylation is 2. The van der Waals surface area contributed by atoms with Crippen molar-refractivity contribution >= 4 is 12.2 Å². The summed E-state index contributed by atoms with van der Waals surface area (Å²) in [5, 5.41) is 0. The standard InChI is InChI=1S/2C10H9.2ClH.2Zr/c2*1-8-4-2-5-9-6-3-7-10(8)9;;;;/h2*2-4,6H,7H2,1H3;2*1H;;/q2*-1;;;2*+2/p-2. The first-order chi connectivity index (χ1) is 9.75. The van der Waals surface area contributed by atoms with Crippen LogP contribution in [0.3, 0.4) is 0 Å². The van der Waals surface area contributed by atoms with Gasteiger partial charge in [-0.05, 0) is 0 Å². The Kier molecular flexibility index (Phi) is 13.9. The normalized spacial score (nSPS) is 11.4. The monoisotopic (exact) mass is 508 g/mol. The molecule has 0 radical (unpaired) electrons. The van der Waals surface area contributed by atoms with Gasteiger partial charge in [-0.25, -0.2) is 0 Å². The number of allylic oxidation sites excluding steroid dienone is 2. The van der Waals surface area contributed by atoms with Gasteiger partial charge in [-0.1, -0.05) is 26.7 Å². The Labute approximate surface area is 196 Å². The van der Waals surface area contributed by atoms with Crippen molar-refractivity contribution in [2.75, 3.05) is 0 Å². The van der Waals surface area contributed by atoms with Crippen LogP contribution in [0.1, 0.15) is 33.4 Å². The summed E-state index contributed by atoms with van der Waals surface area (Å²) in [5.41, 5.74) is 8.22. The van der Waals surface area contributed by atoms with Crippen LogP contribution in [-0.4, -0.2) is 0 Å². The first kappa shape index (κ1) is 26.5. The van der Waals surface area contributed by atoms with Crippen LogP contribution in [0, 0.1) is 26.0 Å². The summed E-state index contributed by atoms with van der Waals surface area (Å²) in [5.74, 6) is 0. The Hall–Kier alpha value is 0.266. The van der Waals surface area contributed by atoms with Gasteiger partial charge in [0.2, 0.25) is 0 Å². The number of hydrogen-bond acceptors (Lipinski definition) is 0. The molecule has 0 fully saturated rings. The van der Waals surface area contributed by atoms with Crippen molar-refractivity contribution in [1.29, 1.82) is 0 Å². The summed E-state index contributed by atoms with van der Waals surface area (Å²) >= 11 is 0. The van der Waals surface area contributed by atoms with Gasteiger partial charge in [0, 0.05) is 0 Å². The van der Waals surface area contributed by atoms with Crippen molar-refractivity contribution in [1.82, 2.24) is 0 Å². The first-order valence-electron chi connectivity index (χ1n) is 7.09. The molecular formula is C20H18Cl2Zr2. The summed E-state index contributed by atoms with van der Waals surface area (Å²) in [7, 11) is 0. The average Bonchev–Trinajstić information content (AvgIpc) is 3.08. The molecule has 2 aromatic rings. The van der Waals surface area contributed by atoms with Gasteiger partial charge in [0.05, 0.1) is 0 Å². The number of fused-ring (bicyclic) bond motifs is 2. The Morgan fingerprint density at radius 3 is 1.42 bits per heavy atom. The molecule has 0 spiro atoms. The average molecular weight is 512 g/mol. The van der Waals surface area contributed by atoms with Gasteiger partial charge < -0.3 is 24.8 Å². The van der Waals surface area contributed by atoms with Gasteiger partial charge >= 0.3 is 52.4 Å². The van der Waals surface area contributed by atoms with Gasteiger partial charge in [0.25, 0.3) is 0 Å². The molecule has 0 N–H and O–H groups in total. The van der Waals surface area contributed by atoms with E-state index in [0.717, 1.165) is 12.8 Å². The summed E-state index contributed by atoms with van der Waals surface area (Å²) in [6, 6.07) is 14.6. The second-order valence-corrected chi connectivity index (χ2v) is 5.32. The second-order valence-electron chi connectivity index (χ2n) is 5.32. The van der Waals surface area contributed by atoms with Gasteiger partial charge in [0.15, 0.2) is 0 Å². The molecule has 0 atom stereocenters. The Morgan fingerprint density at radius 1 is 0.708 bits per heavy atom. The molecule has 4 rings (SSSR count). The molecule has 4 heteroatoms. The summed E-state index contributed by atoms with van der Waals surface area (Å²) in [6.45, 7) is 4.30. The second kappa shape index (κ2) is 12.6. The zero-order valence-corrected chi connectivity index (χ0v) is 20.2. The molecular weight excluding hydrogens is 494 g/mol. The van der Waals surface area contributed by atoms with E-state index in [1.807, 2.05) is 12.1 Å². The van der Waals surface area contributed by atoms with Crippen LogP contribution in [0.4, 0.5) is 0 Å². The van der Waals surface area contributed by atoms with Gasteiger partial charge in [-0.2, -0.15) is 0 Å². The largest absolute Gasteiger partial charge is 2.00 e. The zero-order valence-electron chi connectivity index (χ0n) is 13.8. The van der Waals surface area contributed by atoms with Gasteiger partial charge in [-0.15, -0.1) is 94.1 Å². The van der Waals surface area contributed by atoms with Crippen molar-refractivity contribution < 1.29 is 77.2 Å². The number of benzene rings is 2. The molecule has 0 amide bonds. The van der Waals surface area contributed by atoms with Crippen molar-refractivity contribution in [3.8, 4) is 0 Å². The maximum atomic E-state index is 3.20. The minimum atomic E-state index is 0. The Balaban J connectivity index is 0. The summed E-state index contributed by atoms with van der Waals surface area (Å²) in [6.07, 6.45) is 10.9. The van der Waals surface area contributed by atoms with Crippen LogP contribution >= 0.6 is 0 Å². The van der Waals surface area contributed by atoms with E-state index in [-0.39, 0.29) is 77.2 Å². The van der Waals surface area contributed by atoms with E-state index in [1.165, 1.54) is 33.4 Å². The molecule has 24 heavy (non-hydrogen) atoms. The van der Waals surface area contributed by atoms with E-state index in [0.29, 0.717) is 0 Å². The van der Waals surface area contributed by atoms with Gasteiger partial charge in [-0.3, -0.25) is 0 Å². The number of halogens is 2. The third-order valence-electron chi connectivity index (χ3n) is 3.96.